The lowest BCUT2D eigenvalue weighted by Gasteiger charge is -2.30. The highest BCUT2D eigenvalue weighted by atomic mass is 19.1. The van der Waals surface area contributed by atoms with Crippen molar-refractivity contribution in [2.24, 2.45) is 44.6 Å². The Morgan fingerprint density at radius 2 is 1.28 bits per heavy atom. The number of carbonyl (C=O) groups excluding carboxylic acids is 6. The van der Waals surface area contributed by atoms with Crippen molar-refractivity contribution in [2.75, 3.05) is 6.54 Å². The van der Waals surface area contributed by atoms with Crippen molar-refractivity contribution in [3.05, 3.63) is 107 Å². The number of hydrogen-bond acceptors (Lipinski definition) is 8. The van der Waals surface area contributed by atoms with Crippen LogP contribution in [0.5, 0.6) is 0 Å². The molecule has 6 amide bonds. The lowest BCUT2D eigenvalue weighted by Crippen LogP contribution is -2.59. The van der Waals surface area contributed by atoms with Crippen LogP contribution < -0.4 is 44.6 Å². The SMILES string of the molecule is CC(=O)N(C(=O)/C=C/c1ccccc1)[C@@H](Cc1ccc(F)cc1)C(=O)N[C@@H](Cc1ccc(N=C(N)N)cc1)C(=O)N[C@@H](CC(C)C)C(=O)N[C@@H](CCCN=C(N)N)C(N)=O. The first-order chi connectivity index (χ1) is 28.4. The van der Waals surface area contributed by atoms with Gasteiger partial charge in [-0.15, -0.1) is 0 Å². The highest BCUT2D eigenvalue weighted by Gasteiger charge is 2.36. The molecule has 0 fully saturated rings. The van der Waals surface area contributed by atoms with Crippen LogP contribution in [0.2, 0.25) is 0 Å². The van der Waals surface area contributed by atoms with Crippen LogP contribution >= 0.6 is 0 Å². The average molecular weight is 828 g/mol. The van der Waals surface area contributed by atoms with Gasteiger partial charge in [-0.2, -0.15) is 0 Å². The average Bonchev–Trinajstić information content (AvgIpc) is 3.18. The minimum atomic E-state index is -1.52. The molecule has 13 N–H and O–H groups in total. The van der Waals surface area contributed by atoms with Crippen LogP contribution in [-0.4, -0.2) is 83.0 Å². The minimum absolute atomic E-state index is 0.107. The van der Waals surface area contributed by atoms with E-state index < -0.39 is 65.4 Å². The Balaban J connectivity index is 2.02. The number of guanidine groups is 2. The van der Waals surface area contributed by atoms with Crippen molar-refractivity contribution in [3.8, 4) is 0 Å². The largest absolute Gasteiger partial charge is 0.370 e. The number of imide groups is 1. The van der Waals surface area contributed by atoms with Gasteiger partial charge in [0, 0.05) is 32.4 Å². The number of primary amides is 1. The molecule has 17 nitrogen and oxygen atoms in total. The number of nitrogens with one attached hydrogen (secondary N) is 3. The maximum absolute atomic E-state index is 14.5. The molecule has 4 atom stereocenters. The minimum Gasteiger partial charge on any atom is -0.370 e. The molecule has 60 heavy (non-hydrogen) atoms. The third-order valence-electron chi connectivity index (χ3n) is 8.96. The number of nitrogens with two attached hydrogens (primary N) is 5. The summed E-state index contributed by atoms with van der Waals surface area (Å²) in [5.41, 5.74) is 29.4. The number of nitrogens with zero attached hydrogens (tertiary/aromatic N) is 3. The van der Waals surface area contributed by atoms with Gasteiger partial charge in [-0.3, -0.25) is 38.7 Å². The van der Waals surface area contributed by atoms with Gasteiger partial charge >= 0.3 is 0 Å². The smallest absolute Gasteiger partial charge is 0.253 e. The van der Waals surface area contributed by atoms with E-state index in [2.05, 4.69) is 25.9 Å². The van der Waals surface area contributed by atoms with E-state index in [1.807, 2.05) is 13.8 Å². The van der Waals surface area contributed by atoms with Crippen molar-refractivity contribution in [3.63, 3.8) is 0 Å². The molecule has 3 aromatic carbocycles. The molecule has 0 aliphatic carbocycles. The lowest BCUT2D eigenvalue weighted by atomic mass is 9.99. The molecule has 0 aromatic heterocycles. The molecule has 0 aliphatic heterocycles. The fourth-order valence-electron chi connectivity index (χ4n) is 6.09. The van der Waals surface area contributed by atoms with E-state index in [9.17, 15) is 33.2 Å². The van der Waals surface area contributed by atoms with Crippen LogP contribution in [0.25, 0.3) is 6.08 Å². The number of rotatable bonds is 21. The van der Waals surface area contributed by atoms with Crippen LogP contribution in [0.1, 0.15) is 56.7 Å². The van der Waals surface area contributed by atoms with E-state index in [1.54, 1.807) is 54.6 Å². The van der Waals surface area contributed by atoms with Gasteiger partial charge in [0.2, 0.25) is 29.5 Å². The van der Waals surface area contributed by atoms with E-state index in [1.165, 1.54) is 30.3 Å². The predicted molar refractivity (Wildman–Crippen MR) is 227 cm³/mol. The van der Waals surface area contributed by atoms with Crippen molar-refractivity contribution in [1.29, 1.82) is 0 Å². The van der Waals surface area contributed by atoms with Gasteiger partial charge in [0.25, 0.3) is 5.91 Å². The summed E-state index contributed by atoms with van der Waals surface area (Å²) in [6.45, 7) is 4.95. The van der Waals surface area contributed by atoms with Gasteiger partial charge in [-0.05, 0) is 72.2 Å². The van der Waals surface area contributed by atoms with Crippen LogP contribution in [0.3, 0.4) is 0 Å². The van der Waals surface area contributed by atoms with Crippen molar-refractivity contribution in [1.82, 2.24) is 20.9 Å². The normalized spacial score (nSPS) is 12.9. The molecule has 0 saturated heterocycles. The summed E-state index contributed by atoms with van der Waals surface area (Å²) in [5, 5.41) is 8.03. The predicted octanol–water partition coefficient (Wildman–Crippen LogP) is 1.01. The third kappa shape index (κ3) is 16.0. The van der Waals surface area contributed by atoms with E-state index in [0.29, 0.717) is 28.8 Å². The standard InChI is InChI=1S/C42H54FN11O6/c1-25(2)22-33(38(58)51-32(37(44)57)10-7-21-49-41(45)46)52-39(59)34(23-28-13-18-31(19-14-28)50-42(47)48)53-40(60)35(24-29-11-16-30(43)17-12-29)54(26(3)55)36(56)20-15-27-8-5-4-6-9-27/h4-6,8-9,11-20,25,32-35H,7,10,21-24H2,1-3H3,(H2,44,57)(H,51,58)(H,52,59)(H,53,60)(H4,45,46,49)(H4,47,48,50)/b20-15+/t32-,33-,34-,35-/m0/s1. The van der Waals surface area contributed by atoms with Crippen LogP contribution in [0.15, 0.2) is 94.9 Å². The van der Waals surface area contributed by atoms with E-state index >= 15 is 0 Å². The second kappa shape index (κ2) is 23.3. The Bertz CT molecular complexity index is 2030. The lowest BCUT2D eigenvalue weighted by molar-refractivity contribution is -0.148. The Kier molecular flexibility index (Phi) is 18.4. The first-order valence-corrected chi connectivity index (χ1v) is 19.2. The van der Waals surface area contributed by atoms with Gasteiger partial charge in [-0.25, -0.2) is 9.38 Å². The highest BCUT2D eigenvalue weighted by Crippen LogP contribution is 2.17. The number of aliphatic imine (C=N–C) groups is 2. The summed E-state index contributed by atoms with van der Waals surface area (Å²) < 4.78 is 13.9. The number of amides is 6. The molecule has 0 heterocycles. The quantitative estimate of drug-likeness (QED) is 0.0326. The number of halogens is 1. The van der Waals surface area contributed by atoms with Crippen LogP contribution in [0, 0.1) is 11.7 Å². The highest BCUT2D eigenvalue weighted by molar-refractivity contribution is 6.06. The molecule has 0 spiro atoms. The number of carbonyl (C=O) groups is 6. The van der Waals surface area contributed by atoms with E-state index in [4.69, 9.17) is 28.7 Å². The first kappa shape index (κ1) is 47.3. The summed E-state index contributed by atoms with van der Waals surface area (Å²) in [7, 11) is 0. The summed E-state index contributed by atoms with van der Waals surface area (Å²) in [5.74, 6) is -5.79. The molecular weight excluding hydrogens is 774 g/mol. The number of hydrogen-bond donors (Lipinski definition) is 8. The van der Waals surface area contributed by atoms with Crippen LogP contribution in [0.4, 0.5) is 10.1 Å². The molecule has 0 radical (unpaired) electrons. The summed E-state index contributed by atoms with van der Waals surface area (Å²) >= 11 is 0. The van der Waals surface area contributed by atoms with E-state index in [0.717, 1.165) is 17.9 Å². The van der Waals surface area contributed by atoms with Gasteiger partial charge in [0.15, 0.2) is 11.9 Å². The summed E-state index contributed by atoms with van der Waals surface area (Å²) in [6.07, 6.45) is 2.79. The maximum atomic E-state index is 14.5. The van der Waals surface area contributed by atoms with Crippen molar-refractivity contribution in [2.45, 2.75) is 77.0 Å². The molecule has 0 bridgehead atoms. The van der Waals surface area contributed by atoms with Crippen molar-refractivity contribution >= 4 is 59.1 Å². The van der Waals surface area contributed by atoms with Crippen molar-refractivity contribution < 1.29 is 33.2 Å². The van der Waals surface area contributed by atoms with Gasteiger partial charge in [0.05, 0.1) is 5.69 Å². The summed E-state index contributed by atoms with van der Waals surface area (Å²) in [6, 6.07) is 15.2. The Labute approximate surface area is 348 Å². The Morgan fingerprint density at radius 3 is 1.85 bits per heavy atom. The third-order valence-corrected chi connectivity index (χ3v) is 8.96. The van der Waals surface area contributed by atoms with Gasteiger partial charge < -0.3 is 44.6 Å². The zero-order valence-corrected chi connectivity index (χ0v) is 33.8. The monoisotopic (exact) mass is 827 g/mol. The fourth-order valence-corrected chi connectivity index (χ4v) is 6.09. The Hall–Kier alpha value is -7.11. The zero-order chi connectivity index (χ0) is 44.4. The van der Waals surface area contributed by atoms with Gasteiger partial charge in [-0.1, -0.05) is 68.4 Å². The molecule has 3 rings (SSSR count). The summed E-state index contributed by atoms with van der Waals surface area (Å²) in [4.78, 5) is 90.4. The molecule has 18 heteroatoms. The maximum Gasteiger partial charge on any atom is 0.253 e. The zero-order valence-electron chi connectivity index (χ0n) is 33.8. The molecule has 320 valence electrons. The second-order valence-corrected chi connectivity index (χ2v) is 14.4. The molecular formula is C42H54FN11O6. The number of benzene rings is 3. The molecule has 0 aliphatic rings. The van der Waals surface area contributed by atoms with E-state index in [-0.39, 0.29) is 50.1 Å². The molecule has 0 saturated carbocycles. The Morgan fingerprint density at radius 1 is 0.717 bits per heavy atom. The second-order valence-electron chi connectivity index (χ2n) is 14.4. The van der Waals surface area contributed by atoms with Gasteiger partial charge in [0.1, 0.15) is 30.0 Å². The first-order valence-electron chi connectivity index (χ1n) is 19.2. The molecule has 0 unspecified atom stereocenters. The topological polar surface area (TPSA) is 297 Å². The fraction of sp³-hybridized carbons (Fsp3) is 0.333. The molecule has 3 aromatic rings. The van der Waals surface area contributed by atoms with Crippen LogP contribution in [-0.2, 0) is 41.6 Å².